The van der Waals surface area contributed by atoms with Crippen molar-refractivity contribution in [2.75, 3.05) is 0 Å². The summed E-state index contributed by atoms with van der Waals surface area (Å²) in [5.41, 5.74) is 2.34. The number of hydrogen-bond donors (Lipinski definition) is 0. The zero-order valence-corrected chi connectivity index (χ0v) is 17.2. The van der Waals surface area contributed by atoms with E-state index in [-0.39, 0.29) is 23.5 Å². The highest BCUT2D eigenvalue weighted by Crippen LogP contribution is 2.43. The van der Waals surface area contributed by atoms with Gasteiger partial charge in [-0.15, -0.1) is 0 Å². The number of ether oxygens (including phenoxy) is 2. The van der Waals surface area contributed by atoms with Crippen LogP contribution in [0, 0.1) is 0 Å². The first-order valence-electron chi connectivity index (χ1n) is 9.80. The summed E-state index contributed by atoms with van der Waals surface area (Å²) in [4.78, 5) is 24.6. The van der Waals surface area contributed by atoms with Gasteiger partial charge in [0.05, 0.1) is 0 Å². The molecule has 0 aromatic heterocycles. The number of Topliss-reactive ketones (excluding diaryl/α,β-unsaturated/α-hetero) is 1. The van der Waals surface area contributed by atoms with E-state index >= 15 is 0 Å². The lowest BCUT2D eigenvalue weighted by Gasteiger charge is -2.30. The standard InChI is InChI=1S/C22H34O4/c1-15(2)18-11-14-21(5,25-17(4)23)12-7-9-16(3)10-8-13-22(6)20(26-22)19(18)24/h10,20H,7-9,11-14H2,1-6H3/b16-10+/t20-,21+,22-/m1/s1. The molecule has 0 amide bonds. The summed E-state index contributed by atoms with van der Waals surface area (Å²) in [6, 6.07) is 0. The van der Waals surface area contributed by atoms with E-state index in [2.05, 4.69) is 13.0 Å². The molecule has 0 bridgehead atoms. The van der Waals surface area contributed by atoms with Gasteiger partial charge in [0.15, 0.2) is 5.78 Å². The predicted molar refractivity (Wildman–Crippen MR) is 103 cm³/mol. The Labute approximate surface area is 158 Å². The van der Waals surface area contributed by atoms with Gasteiger partial charge in [-0.05, 0) is 85.1 Å². The molecule has 2 aliphatic rings. The third-order valence-electron chi connectivity index (χ3n) is 5.73. The molecular formula is C22H34O4. The molecule has 4 nitrogen and oxygen atoms in total. The first-order valence-corrected chi connectivity index (χ1v) is 9.80. The average molecular weight is 363 g/mol. The van der Waals surface area contributed by atoms with Crippen molar-refractivity contribution in [3.8, 4) is 0 Å². The number of allylic oxidation sites excluding steroid dienone is 3. The van der Waals surface area contributed by atoms with E-state index in [4.69, 9.17) is 9.47 Å². The number of ketones is 1. The van der Waals surface area contributed by atoms with E-state index in [0.717, 1.165) is 43.3 Å². The quantitative estimate of drug-likeness (QED) is 0.283. The topological polar surface area (TPSA) is 55.9 Å². The molecule has 0 saturated carbocycles. The molecule has 2 rings (SSSR count). The zero-order valence-electron chi connectivity index (χ0n) is 17.2. The summed E-state index contributed by atoms with van der Waals surface area (Å²) in [5, 5.41) is 0. The molecule has 146 valence electrons. The van der Waals surface area contributed by atoms with Gasteiger partial charge in [0.1, 0.15) is 17.3 Å². The third-order valence-corrected chi connectivity index (χ3v) is 5.73. The molecule has 0 unspecified atom stereocenters. The number of carbonyl (C=O) groups is 2. The van der Waals surface area contributed by atoms with Crippen LogP contribution in [-0.4, -0.2) is 29.1 Å². The van der Waals surface area contributed by atoms with Crippen LogP contribution in [0.1, 0.15) is 86.5 Å². The molecule has 0 N–H and O–H groups in total. The van der Waals surface area contributed by atoms with E-state index in [1.54, 1.807) is 0 Å². The van der Waals surface area contributed by atoms with Crippen LogP contribution in [0.4, 0.5) is 0 Å². The second-order valence-corrected chi connectivity index (χ2v) is 8.64. The van der Waals surface area contributed by atoms with Gasteiger partial charge in [0, 0.05) is 6.92 Å². The van der Waals surface area contributed by atoms with Crippen molar-refractivity contribution >= 4 is 11.8 Å². The van der Waals surface area contributed by atoms with Crippen molar-refractivity contribution in [2.45, 2.75) is 104 Å². The second-order valence-electron chi connectivity index (χ2n) is 8.64. The predicted octanol–water partition coefficient (Wildman–Crippen LogP) is 5.06. The smallest absolute Gasteiger partial charge is 0.303 e. The molecule has 3 atom stereocenters. The summed E-state index contributed by atoms with van der Waals surface area (Å²) < 4.78 is 11.5. The fourth-order valence-electron chi connectivity index (χ4n) is 3.95. The minimum atomic E-state index is -0.537. The van der Waals surface area contributed by atoms with Crippen LogP contribution in [0.25, 0.3) is 0 Å². The Morgan fingerprint density at radius 1 is 1.15 bits per heavy atom. The highest BCUT2D eigenvalue weighted by atomic mass is 16.6. The molecule has 0 aromatic carbocycles. The van der Waals surface area contributed by atoms with Gasteiger partial charge in [-0.3, -0.25) is 9.59 Å². The first kappa shape index (κ1) is 20.9. The fraction of sp³-hybridized carbons (Fsp3) is 0.727. The fourth-order valence-corrected chi connectivity index (χ4v) is 3.95. The summed E-state index contributed by atoms with van der Waals surface area (Å²) >= 11 is 0. The molecule has 1 aliphatic carbocycles. The van der Waals surface area contributed by atoms with Gasteiger partial charge in [0.2, 0.25) is 0 Å². The summed E-state index contributed by atoms with van der Waals surface area (Å²) in [6.07, 6.45) is 7.79. The molecular weight excluding hydrogens is 328 g/mol. The van der Waals surface area contributed by atoms with Gasteiger partial charge in [-0.2, -0.15) is 0 Å². The number of fused-ring (bicyclic) bond motifs is 1. The third kappa shape index (κ3) is 5.29. The van der Waals surface area contributed by atoms with E-state index < -0.39 is 5.60 Å². The monoisotopic (exact) mass is 362 g/mol. The van der Waals surface area contributed by atoms with Crippen molar-refractivity contribution in [3.63, 3.8) is 0 Å². The largest absolute Gasteiger partial charge is 0.460 e. The molecule has 1 saturated heterocycles. The van der Waals surface area contributed by atoms with Crippen LogP contribution in [-0.2, 0) is 19.1 Å². The van der Waals surface area contributed by atoms with Crippen molar-refractivity contribution in [1.29, 1.82) is 0 Å². The molecule has 0 radical (unpaired) electrons. The van der Waals surface area contributed by atoms with Crippen LogP contribution < -0.4 is 0 Å². The number of hydrogen-bond acceptors (Lipinski definition) is 4. The number of esters is 1. The lowest BCUT2D eigenvalue weighted by molar-refractivity contribution is -0.156. The Morgan fingerprint density at radius 2 is 1.85 bits per heavy atom. The van der Waals surface area contributed by atoms with Crippen molar-refractivity contribution in [3.05, 3.63) is 22.8 Å². The van der Waals surface area contributed by atoms with Crippen LogP contribution in [0.15, 0.2) is 22.8 Å². The van der Waals surface area contributed by atoms with Gasteiger partial charge < -0.3 is 9.47 Å². The Bertz CT molecular complexity index is 626. The van der Waals surface area contributed by atoms with E-state index in [0.29, 0.717) is 12.8 Å². The maximum Gasteiger partial charge on any atom is 0.303 e. The molecule has 4 heteroatoms. The van der Waals surface area contributed by atoms with E-state index in [1.165, 1.54) is 12.5 Å². The normalized spacial score (nSPS) is 35.6. The lowest BCUT2D eigenvalue weighted by Crippen LogP contribution is -2.32. The maximum absolute atomic E-state index is 13.0. The number of carbonyl (C=O) groups excluding carboxylic acids is 2. The van der Waals surface area contributed by atoms with Gasteiger partial charge in [-0.1, -0.05) is 17.2 Å². The second kappa shape index (κ2) is 8.08. The first-order chi connectivity index (χ1) is 12.1. The molecule has 0 aromatic rings. The van der Waals surface area contributed by atoms with Crippen molar-refractivity contribution in [1.82, 2.24) is 0 Å². The summed E-state index contributed by atoms with van der Waals surface area (Å²) in [7, 11) is 0. The van der Waals surface area contributed by atoms with Crippen LogP contribution in [0.5, 0.6) is 0 Å². The van der Waals surface area contributed by atoms with Gasteiger partial charge in [-0.25, -0.2) is 0 Å². The molecule has 0 spiro atoms. The Morgan fingerprint density at radius 3 is 2.46 bits per heavy atom. The Hall–Kier alpha value is -1.42. The van der Waals surface area contributed by atoms with E-state index in [9.17, 15) is 9.59 Å². The molecule has 1 aliphatic heterocycles. The van der Waals surface area contributed by atoms with Crippen LogP contribution in [0.3, 0.4) is 0 Å². The zero-order chi connectivity index (χ0) is 19.5. The maximum atomic E-state index is 13.0. The van der Waals surface area contributed by atoms with Gasteiger partial charge in [0.25, 0.3) is 0 Å². The average Bonchev–Trinajstić information content (AvgIpc) is 3.17. The summed E-state index contributed by atoms with van der Waals surface area (Å²) in [6.45, 7) is 11.6. The lowest BCUT2D eigenvalue weighted by atomic mass is 9.85. The minimum Gasteiger partial charge on any atom is -0.460 e. The summed E-state index contributed by atoms with van der Waals surface area (Å²) in [5.74, 6) is -0.153. The highest BCUT2D eigenvalue weighted by Gasteiger charge is 2.56. The van der Waals surface area contributed by atoms with Crippen molar-refractivity contribution < 1.29 is 19.1 Å². The Balaban J connectivity index is 2.25. The van der Waals surface area contributed by atoms with Crippen LogP contribution >= 0.6 is 0 Å². The number of epoxide rings is 1. The molecule has 1 heterocycles. The van der Waals surface area contributed by atoms with E-state index in [1.807, 2.05) is 27.7 Å². The Kier molecular flexibility index (Phi) is 6.49. The van der Waals surface area contributed by atoms with Crippen molar-refractivity contribution in [2.24, 2.45) is 0 Å². The molecule has 26 heavy (non-hydrogen) atoms. The number of rotatable bonds is 1. The SMILES string of the molecule is CC(=O)O[C@@]1(C)CCC/C(C)=C/CC[C@@]2(C)O[C@@H]2C(=O)C(=C(C)C)CC1. The van der Waals surface area contributed by atoms with Crippen LogP contribution in [0.2, 0.25) is 0 Å². The minimum absolute atomic E-state index is 0.107. The molecule has 1 fully saturated rings. The highest BCUT2D eigenvalue weighted by molar-refractivity contribution is 6.01. The van der Waals surface area contributed by atoms with Gasteiger partial charge >= 0.3 is 5.97 Å².